The first kappa shape index (κ1) is 14.3. The Hall–Kier alpha value is -1.07. The molecule has 1 aromatic rings. The summed E-state index contributed by atoms with van der Waals surface area (Å²) in [5.74, 6) is 1.09. The number of carbonyl (C=O) groups is 1. The van der Waals surface area contributed by atoms with Gasteiger partial charge in [0.05, 0.1) is 13.2 Å². The first-order valence-electron chi connectivity index (χ1n) is 6.50. The Labute approximate surface area is 122 Å². The summed E-state index contributed by atoms with van der Waals surface area (Å²) < 4.78 is 6.72. The van der Waals surface area contributed by atoms with Gasteiger partial charge in [-0.25, -0.2) is 0 Å². The fraction of sp³-hybridized carbons (Fsp3) is 0.500. The molecule has 0 aliphatic carbocycles. The Bertz CT molecular complexity index is 477. The lowest BCUT2D eigenvalue weighted by atomic mass is 10.1. The average molecular weight is 327 g/mol. The fourth-order valence-corrected chi connectivity index (χ4v) is 2.65. The molecule has 0 unspecified atom stereocenters. The van der Waals surface area contributed by atoms with Gasteiger partial charge in [0.25, 0.3) is 0 Å². The molecule has 104 valence electrons. The van der Waals surface area contributed by atoms with E-state index in [9.17, 15) is 4.79 Å². The molecule has 5 heteroatoms. The molecule has 0 atom stereocenters. The number of benzene rings is 1. The van der Waals surface area contributed by atoms with Crippen molar-refractivity contribution in [3.8, 4) is 5.75 Å². The summed E-state index contributed by atoms with van der Waals surface area (Å²) in [6.45, 7) is 4.44. The van der Waals surface area contributed by atoms with Crippen LogP contribution in [0.1, 0.15) is 18.1 Å². The van der Waals surface area contributed by atoms with Gasteiger partial charge in [0, 0.05) is 36.6 Å². The first-order valence-corrected chi connectivity index (χ1v) is 7.30. The SMILES string of the molecule is CCN(C)C(=O)CNCc1cc(Br)cc2c1OCC2. The summed E-state index contributed by atoms with van der Waals surface area (Å²) in [6.07, 6.45) is 0.958. The van der Waals surface area contributed by atoms with E-state index >= 15 is 0 Å². The molecule has 19 heavy (non-hydrogen) atoms. The molecule has 4 nitrogen and oxygen atoms in total. The summed E-state index contributed by atoms with van der Waals surface area (Å²) >= 11 is 3.51. The lowest BCUT2D eigenvalue weighted by Crippen LogP contribution is -2.35. The van der Waals surface area contributed by atoms with Gasteiger partial charge in [0.15, 0.2) is 0 Å². The smallest absolute Gasteiger partial charge is 0.236 e. The summed E-state index contributed by atoms with van der Waals surface area (Å²) in [4.78, 5) is 13.4. The Morgan fingerprint density at radius 2 is 2.32 bits per heavy atom. The Kier molecular flexibility index (Phi) is 4.82. The maximum atomic E-state index is 11.7. The van der Waals surface area contributed by atoms with Crippen LogP contribution in [0.3, 0.4) is 0 Å². The van der Waals surface area contributed by atoms with E-state index in [0.29, 0.717) is 13.1 Å². The van der Waals surface area contributed by atoms with Crippen LogP contribution in [0.2, 0.25) is 0 Å². The van der Waals surface area contributed by atoms with Crippen molar-refractivity contribution in [2.24, 2.45) is 0 Å². The van der Waals surface area contributed by atoms with Gasteiger partial charge in [-0.2, -0.15) is 0 Å². The second-order valence-corrected chi connectivity index (χ2v) is 5.58. The minimum absolute atomic E-state index is 0.107. The second-order valence-electron chi connectivity index (χ2n) is 4.66. The molecule has 0 aromatic heterocycles. The number of carbonyl (C=O) groups excluding carboxylic acids is 1. The van der Waals surface area contributed by atoms with Gasteiger partial charge in [0.1, 0.15) is 5.75 Å². The summed E-state index contributed by atoms with van der Waals surface area (Å²) in [6, 6.07) is 4.15. The molecule has 1 aromatic carbocycles. The molecule has 0 fully saturated rings. The molecule has 1 aliphatic rings. The van der Waals surface area contributed by atoms with Crippen LogP contribution in [0.25, 0.3) is 0 Å². The highest BCUT2D eigenvalue weighted by molar-refractivity contribution is 9.10. The molecule has 1 N–H and O–H groups in total. The molecular formula is C14H19BrN2O2. The van der Waals surface area contributed by atoms with Crippen LogP contribution >= 0.6 is 15.9 Å². The van der Waals surface area contributed by atoms with Crippen molar-refractivity contribution in [2.75, 3.05) is 26.7 Å². The van der Waals surface area contributed by atoms with Crippen molar-refractivity contribution in [1.82, 2.24) is 10.2 Å². The van der Waals surface area contributed by atoms with E-state index in [0.717, 1.165) is 35.4 Å². The van der Waals surface area contributed by atoms with Crippen LogP contribution in [0.15, 0.2) is 16.6 Å². The quantitative estimate of drug-likeness (QED) is 0.899. The maximum Gasteiger partial charge on any atom is 0.236 e. The van der Waals surface area contributed by atoms with Crippen molar-refractivity contribution in [2.45, 2.75) is 19.9 Å². The standard InChI is InChI=1S/C14H19BrN2O2/c1-3-17(2)13(18)9-16-8-11-7-12(15)6-10-4-5-19-14(10)11/h6-7,16H,3-5,8-9H2,1-2H3. The number of ether oxygens (including phenoxy) is 1. The zero-order chi connectivity index (χ0) is 13.8. The minimum Gasteiger partial charge on any atom is -0.493 e. The first-order chi connectivity index (χ1) is 9.11. The molecule has 0 bridgehead atoms. The van der Waals surface area contributed by atoms with E-state index < -0.39 is 0 Å². The Balaban J connectivity index is 1.95. The van der Waals surface area contributed by atoms with E-state index in [1.165, 1.54) is 5.56 Å². The highest BCUT2D eigenvalue weighted by Crippen LogP contribution is 2.32. The number of hydrogen-bond donors (Lipinski definition) is 1. The molecule has 2 rings (SSSR count). The largest absolute Gasteiger partial charge is 0.493 e. The fourth-order valence-electron chi connectivity index (χ4n) is 2.09. The van der Waals surface area contributed by atoms with Gasteiger partial charge in [0.2, 0.25) is 5.91 Å². The molecular weight excluding hydrogens is 308 g/mol. The molecule has 0 saturated carbocycles. The topological polar surface area (TPSA) is 41.6 Å². The van der Waals surface area contributed by atoms with Gasteiger partial charge >= 0.3 is 0 Å². The highest BCUT2D eigenvalue weighted by atomic mass is 79.9. The second kappa shape index (κ2) is 6.39. The van der Waals surface area contributed by atoms with E-state index in [1.54, 1.807) is 4.90 Å². The highest BCUT2D eigenvalue weighted by Gasteiger charge is 2.17. The van der Waals surface area contributed by atoms with E-state index in [2.05, 4.69) is 27.3 Å². The number of nitrogens with one attached hydrogen (secondary N) is 1. The zero-order valence-corrected chi connectivity index (χ0v) is 12.9. The normalized spacial score (nSPS) is 13.0. The zero-order valence-electron chi connectivity index (χ0n) is 11.3. The monoisotopic (exact) mass is 326 g/mol. The maximum absolute atomic E-state index is 11.7. The average Bonchev–Trinajstić information content (AvgIpc) is 2.85. The van der Waals surface area contributed by atoms with Crippen molar-refractivity contribution in [3.05, 3.63) is 27.7 Å². The van der Waals surface area contributed by atoms with Crippen molar-refractivity contribution >= 4 is 21.8 Å². The van der Waals surface area contributed by atoms with Gasteiger partial charge in [-0.1, -0.05) is 15.9 Å². The minimum atomic E-state index is 0.107. The predicted molar refractivity (Wildman–Crippen MR) is 78.4 cm³/mol. The van der Waals surface area contributed by atoms with Crippen molar-refractivity contribution < 1.29 is 9.53 Å². The van der Waals surface area contributed by atoms with Crippen LogP contribution in [0, 0.1) is 0 Å². The van der Waals surface area contributed by atoms with Gasteiger partial charge in [-0.05, 0) is 24.6 Å². The van der Waals surface area contributed by atoms with E-state index in [1.807, 2.05) is 20.0 Å². The van der Waals surface area contributed by atoms with Crippen molar-refractivity contribution in [1.29, 1.82) is 0 Å². The van der Waals surface area contributed by atoms with Gasteiger partial charge < -0.3 is 15.0 Å². The van der Waals surface area contributed by atoms with Crippen LogP contribution < -0.4 is 10.1 Å². The third-order valence-corrected chi connectivity index (χ3v) is 3.77. The van der Waals surface area contributed by atoms with Crippen LogP contribution in [0.4, 0.5) is 0 Å². The Morgan fingerprint density at radius 3 is 3.05 bits per heavy atom. The van der Waals surface area contributed by atoms with Crippen LogP contribution in [-0.2, 0) is 17.8 Å². The summed E-state index contributed by atoms with van der Waals surface area (Å²) in [5.41, 5.74) is 2.34. The number of amides is 1. The molecule has 0 spiro atoms. The molecule has 1 heterocycles. The summed E-state index contributed by atoms with van der Waals surface area (Å²) in [7, 11) is 1.81. The number of fused-ring (bicyclic) bond motifs is 1. The molecule has 0 saturated heterocycles. The van der Waals surface area contributed by atoms with Gasteiger partial charge in [-0.3, -0.25) is 4.79 Å². The molecule has 0 radical (unpaired) electrons. The third kappa shape index (κ3) is 3.48. The molecule has 1 aliphatic heterocycles. The molecule has 1 amide bonds. The number of rotatable bonds is 5. The lowest BCUT2D eigenvalue weighted by molar-refractivity contribution is -0.128. The van der Waals surface area contributed by atoms with Crippen LogP contribution in [0.5, 0.6) is 5.75 Å². The third-order valence-electron chi connectivity index (χ3n) is 3.32. The predicted octanol–water partition coefficient (Wildman–Crippen LogP) is 1.95. The Morgan fingerprint density at radius 1 is 1.53 bits per heavy atom. The number of halogens is 1. The van der Waals surface area contributed by atoms with E-state index in [-0.39, 0.29) is 5.91 Å². The number of likely N-dealkylation sites (N-methyl/N-ethyl adjacent to an activating group) is 1. The van der Waals surface area contributed by atoms with Gasteiger partial charge in [-0.15, -0.1) is 0 Å². The number of nitrogens with zero attached hydrogens (tertiary/aromatic N) is 1. The van der Waals surface area contributed by atoms with E-state index in [4.69, 9.17) is 4.74 Å². The van der Waals surface area contributed by atoms with Crippen molar-refractivity contribution in [3.63, 3.8) is 0 Å². The lowest BCUT2D eigenvalue weighted by Gasteiger charge is -2.15. The number of hydrogen-bond acceptors (Lipinski definition) is 3. The summed E-state index contributed by atoms with van der Waals surface area (Å²) in [5, 5.41) is 3.18. The van der Waals surface area contributed by atoms with Crippen LogP contribution in [-0.4, -0.2) is 37.6 Å².